The van der Waals surface area contributed by atoms with Crippen molar-refractivity contribution >= 4 is 0 Å². The summed E-state index contributed by atoms with van der Waals surface area (Å²) >= 11 is 0. The molecule has 82 valence electrons. The average Bonchev–Trinajstić information content (AvgIpc) is 2.17. The zero-order valence-corrected chi connectivity index (χ0v) is 8.47. The van der Waals surface area contributed by atoms with Crippen LogP contribution >= 0.6 is 0 Å². The van der Waals surface area contributed by atoms with Gasteiger partial charge in [0.1, 0.15) is 11.6 Å². The molecule has 0 amide bonds. The Morgan fingerprint density at radius 3 is 2.27 bits per heavy atom. The number of nitrogens with one attached hydrogen (secondary N) is 1. The Balaban J connectivity index is 2.02. The Labute approximate surface area is 87.9 Å². The molecule has 15 heavy (non-hydrogen) atoms. The summed E-state index contributed by atoms with van der Waals surface area (Å²) in [6.07, 6.45) is 0. The Morgan fingerprint density at radius 2 is 1.67 bits per heavy atom. The van der Waals surface area contributed by atoms with Crippen molar-refractivity contribution in [1.29, 1.82) is 0 Å². The van der Waals surface area contributed by atoms with Crippen LogP contribution < -0.4 is 5.32 Å². The van der Waals surface area contributed by atoms with Crippen LogP contribution in [-0.4, -0.2) is 31.1 Å². The van der Waals surface area contributed by atoms with Gasteiger partial charge in [0, 0.05) is 38.8 Å². The second-order valence-corrected chi connectivity index (χ2v) is 3.80. The predicted molar refractivity (Wildman–Crippen MR) is 54.5 cm³/mol. The maximum Gasteiger partial charge on any atom is 0.126 e. The van der Waals surface area contributed by atoms with Gasteiger partial charge in [-0.25, -0.2) is 8.78 Å². The van der Waals surface area contributed by atoms with Crippen LogP contribution in [-0.2, 0) is 6.54 Å². The lowest BCUT2D eigenvalue weighted by Crippen LogP contribution is -2.42. The fraction of sp³-hybridized carbons (Fsp3) is 0.455. The van der Waals surface area contributed by atoms with Crippen LogP contribution in [0.25, 0.3) is 0 Å². The molecule has 0 spiro atoms. The normalized spacial score (nSPS) is 18.0. The third kappa shape index (κ3) is 2.97. The molecule has 0 aromatic heterocycles. The fourth-order valence-corrected chi connectivity index (χ4v) is 1.83. The highest BCUT2D eigenvalue weighted by atomic mass is 19.1. The van der Waals surface area contributed by atoms with Crippen molar-refractivity contribution in [1.82, 2.24) is 10.2 Å². The first-order valence-corrected chi connectivity index (χ1v) is 5.12. The highest BCUT2D eigenvalue weighted by molar-refractivity contribution is 5.17. The molecule has 1 heterocycles. The van der Waals surface area contributed by atoms with Gasteiger partial charge >= 0.3 is 0 Å². The highest BCUT2D eigenvalue weighted by Crippen LogP contribution is 2.10. The molecule has 1 aliphatic heterocycles. The molecule has 1 aromatic rings. The van der Waals surface area contributed by atoms with Crippen molar-refractivity contribution in [2.75, 3.05) is 26.2 Å². The molecular weight excluding hydrogens is 198 g/mol. The molecule has 0 bridgehead atoms. The molecule has 1 aliphatic rings. The van der Waals surface area contributed by atoms with E-state index < -0.39 is 11.6 Å². The van der Waals surface area contributed by atoms with E-state index in [1.165, 1.54) is 12.1 Å². The quantitative estimate of drug-likeness (QED) is 0.796. The topological polar surface area (TPSA) is 15.3 Å². The molecule has 0 aliphatic carbocycles. The summed E-state index contributed by atoms with van der Waals surface area (Å²) in [5.74, 6) is -1.000. The number of piperazine rings is 1. The first-order chi connectivity index (χ1) is 7.24. The molecule has 0 atom stereocenters. The Kier molecular flexibility index (Phi) is 3.28. The SMILES string of the molecule is Fc1cc(F)cc(CN2CCNCC2)c1. The summed E-state index contributed by atoms with van der Waals surface area (Å²) in [6.45, 7) is 4.36. The summed E-state index contributed by atoms with van der Waals surface area (Å²) < 4.78 is 25.8. The van der Waals surface area contributed by atoms with Gasteiger partial charge in [-0.3, -0.25) is 4.90 Å². The molecule has 1 aromatic carbocycles. The van der Waals surface area contributed by atoms with Gasteiger partial charge in [-0.15, -0.1) is 0 Å². The minimum absolute atomic E-state index is 0.500. The minimum Gasteiger partial charge on any atom is -0.314 e. The molecule has 2 nitrogen and oxygen atoms in total. The zero-order chi connectivity index (χ0) is 10.7. The van der Waals surface area contributed by atoms with Gasteiger partial charge in [-0.1, -0.05) is 0 Å². The summed E-state index contributed by atoms with van der Waals surface area (Å²) in [5, 5.41) is 3.23. The van der Waals surface area contributed by atoms with E-state index in [0.717, 1.165) is 32.2 Å². The van der Waals surface area contributed by atoms with Crippen LogP contribution in [0, 0.1) is 11.6 Å². The van der Waals surface area contributed by atoms with E-state index >= 15 is 0 Å². The number of nitrogens with zero attached hydrogens (tertiary/aromatic N) is 1. The summed E-state index contributed by atoms with van der Waals surface area (Å²) in [4.78, 5) is 2.19. The molecule has 2 rings (SSSR count). The van der Waals surface area contributed by atoms with Crippen LogP contribution in [0.4, 0.5) is 8.78 Å². The van der Waals surface area contributed by atoms with Crippen LogP contribution in [0.1, 0.15) is 5.56 Å². The van der Waals surface area contributed by atoms with E-state index in [9.17, 15) is 8.78 Å². The van der Waals surface area contributed by atoms with Crippen molar-refractivity contribution < 1.29 is 8.78 Å². The van der Waals surface area contributed by atoms with E-state index in [2.05, 4.69) is 10.2 Å². The third-order valence-electron chi connectivity index (χ3n) is 2.54. The number of benzene rings is 1. The zero-order valence-electron chi connectivity index (χ0n) is 8.47. The molecule has 1 fully saturated rings. The second-order valence-electron chi connectivity index (χ2n) is 3.80. The molecular formula is C11H14F2N2. The van der Waals surface area contributed by atoms with Crippen molar-refractivity contribution in [3.63, 3.8) is 0 Å². The van der Waals surface area contributed by atoms with Crippen LogP contribution in [0.15, 0.2) is 18.2 Å². The monoisotopic (exact) mass is 212 g/mol. The summed E-state index contributed by atoms with van der Waals surface area (Å²) in [7, 11) is 0. The predicted octanol–water partition coefficient (Wildman–Crippen LogP) is 1.37. The largest absolute Gasteiger partial charge is 0.314 e. The van der Waals surface area contributed by atoms with Crippen molar-refractivity contribution in [2.45, 2.75) is 6.54 Å². The molecule has 0 unspecified atom stereocenters. The van der Waals surface area contributed by atoms with Gasteiger partial charge < -0.3 is 5.32 Å². The standard InChI is InChI=1S/C11H14F2N2/c12-10-5-9(6-11(13)7-10)8-15-3-1-14-2-4-15/h5-7,14H,1-4,8H2. The van der Waals surface area contributed by atoms with E-state index in [-0.39, 0.29) is 0 Å². The maximum atomic E-state index is 12.9. The summed E-state index contributed by atoms with van der Waals surface area (Å²) in [5.41, 5.74) is 0.703. The molecule has 0 saturated carbocycles. The van der Waals surface area contributed by atoms with Crippen LogP contribution in [0.3, 0.4) is 0 Å². The third-order valence-corrected chi connectivity index (χ3v) is 2.54. The van der Waals surface area contributed by atoms with E-state index in [0.29, 0.717) is 12.1 Å². The average molecular weight is 212 g/mol. The second kappa shape index (κ2) is 4.68. The van der Waals surface area contributed by atoms with Crippen LogP contribution in [0.5, 0.6) is 0 Å². The molecule has 1 N–H and O–H groups in total. The summed E-state index contributed by atoms with van der Waals surface area (Å²) in [6, 6.07) is 3.69. The maximum absolute atomic E-state index is 12.9. The number of rotatable bonds is 2. The Morgan fingerprint density at radius 1 is 1.07 bits per heavy atom. The van der Waals surface area contributed by atoms with Gasteiger partial charge in [0.2, 0.25) is 0 Å². The van der Waals surface area contributed by atoms with Gasteiger partial charge in [0.15, 0.2) is 0 Å². The molecule has 0 radical (unpaired) electrons. The molecule has 1 saturated heterocycles. The Hall–Kier alpha value is -1.00. The lowest BCUT2D eigenvalue weighted by Gasteiger charge is -2.27. The van der Waals surface area contributed by atoms with Crippen molar-refractivity contribution in [3.05, 3.63) is 35.4 Å². The van der Waals surface area contributed by atoms with Gasteiger partial charge in [-0.2, -0.15) is 0 Å². The van der Waals surface area contributed by atoms with Gasteiger partial charge in [0.05, 0.1) is 0 Å². The highest BCUT2D eigenvalue weighted by Gasteiger charge is 2.10. The number of halogens is 2. The van der Waals surface area contributed by atoms with Crippen LogP contribution in [0.2, 0.25) is 0 Å². The number of hydrogen-bond donors (Lipinski definition) is 1. The lowest BCUT2D eigenvalue weighted by atomic mass is 10.2. The minimum atomic E-state index is -0.500. The van der Waals surface area contributed by atoms with E-state index in [1.54, 1.807) is 0 Å². The van der Waals surface area contributed by atoms with Gasteiger partial charge in [0.25, 0.3) is 0 Å². The fourth-order valence-electron chi connectivity index (χ4n) is 1.83. The van der Waals surface area contributed by atoms with Crippen molar-refractivity contribution in [3.8, 4) is 0 Å². The number of hydrogen-bond acceptors (Lipinski definition) is 2. The molecule has 4 heteroatoms. The first kappa shape index (κ1) is 10.5. The van der Waals surface area contributed by atoms with Crippen molar-refractivity contribution in [2.24, 2.45) is 0 Å². The van der Waals surface area contributed by atoms with Gasteiger partial charge in [-0.05, 0) is 17.7 Å². The smallest absolute Gasteiger partial charge is 0.126 e. The van der Waals surface area contributed by atoms with E-state index in [1.807, 2.05) is 0 Å². The van der Waals surface area contributed by atoms with E-state index in [4.69, 9.17) is 0 Å². The lowest BCUT2D eigenvalue weighted by molar-refractivity contribution is 0.232. The first-order valence-electron chi connectivity index (χ1n) is 5.12. The Bertz CT molecular complexity index is 315.